The fourth-order valence-electron chi connectivity index (χ4n) is 14.1. The predicted octanol–water partition coefficient (Wildman–Crippen LogP) is 8.89. The Labute approximate surface area is 336 Å². The number of carbonyl (C=O) groups excluding carboxylic acids is 4. The minimum atomic E-state index is -1.03. The Morgan fingerprint density at radius 2 is 1.48 bits per heavy atom. The van der Waals surface area contributed by atoms with Crippen LogP contribution in [0.4, 0.5) is 0 Å². The number of benzene rings is 1. The van der Waals surface area contributed by atoms with Gasteiger partial charge in [0.2, 0.25) is 5.91 Å². The molecule has 5 fully saturated rings. The highest BCUT2D eigenvalue weighted by Crippen LogP contribution is 2.76. The molecule has 8 heteroatoms. The van der Waals surface area contributed by atoms with Crippen LogP contribution in [-0.4, -0.2) is 40.8 Å². The third kappa shape index (κ3) is 6.06. The molecule has 0 heterocycles. The van der Waals surface area contributed by atoms with Crippen LogP contribution in [0.3, 0.4) is 0 Å². The molecule has 0 radical (unpaired) electrons. The lowest BCUT2D eigenvalue weighted by molar-refractivity contribution is -0.235. The summed E-state index contributed by atoms with van der Waals surface area (Å²) in [6.45, 7) is 24.3. The summed E-state index contributed by atoms with van der Waals surface area (Å²) in [5, 5.41) is 3.40. The van der Waals surface area contributed by atoms with Crippen molar-refractivity contribution >= 4 is 23.6 Å². The van der Waals surface area contributed by atoms with Gasteiger partial charge in [-0.05, 0) is 134 Å². The molecule has 8 nitrogen and oxygen atoms in total. The Morgan fingerprint density at radius 1 is 0.821 bits per heavy atom. The number of ether oxygens (including phenoxy) is 2. The Hall–Kier alpha value is -3.00. The van der Waals surface area contributed by atoms with Crippen LogP contribution in [0.15, 0.2) is 41.5 Å². The molecular formula is C48H70N2O6. The highest BCUT2D eigenvalue weighted by atomic mass is 16.5. The van der Waals surface area contributed by atoms with E-state index >= 15 is 0 Å². The van der Waals surface area contributed by atoms with Crippen molar-refractivity contribution in [1.82, 2.24) is 5.32 Å². The largest absolute Gasteiger partial charge is 0.462 e. The molecular weight excluding hydrogens is 701 g/mol. The molecule has 5 saturated carbocycles. The van der Waals surface area contributed by atoms with E-state index in [0.29, 0.717) is 24.7 Å². The highest BCUT2D eigenvalue weighted by molar-refractivity contribution is 6.02. The summed E-state index contributed by atoms with van der Waals surface area (Å²) in [4.78, 5) is 54.5. The minimum absolute atomic E-state index is 0.0293. The molecule has 0 aromatic heterocycles. The van der Waals surface area contributed by atoms with Crippen molar-refractivity contribution < 1.29 is 28.7 Å². The average Bonchev–Trinajstić information content (AvgIpc) is 3.40. The van der Waals surface area contributed by atoms with E-state index in [1.54, 1.807) is 13.8 Å². The van der Waals surface area contributed by atoms with Crippen LogP contribution in [0.25, 0.3) is 0 Å². The third-order valence-electron chi connectivity index (χ3n) is 17.6. The second-order valence-corrected chi connectivity index (χ2v) is 22.0. The van der Waals surface area contributed by atoms with Gasteiger partial charge in [0.15, 0.2) is 5.78 Å². The molecule has 6 aliphatic carbocycles. The van der Waals surface area contributed by atoms with E-state index in [-0.39, 0.29) is 81.7 Å². The van der Waals surface area contributed by atoms with E-state index in [1.165, 1.54) is 5.57 Å². The maximum Gasteiger partial charge on any atom is 0.309 e. The van der Waals surface area contributed by atoms with Crippen molar-refractivity contribution in [1.29, 1.82) is 0 Å². The van der Waals surface area contributed by atoms with Gasteiger partial charge in [-0.25, -0.2) is 0 Å². The van der Waals surface area contributed by atoms with Gasteiger partial charge in [0, 0.05) is 11.8 Å². The van der Waals surface area contributed by atoms with Gasteiger partial charge >= 0.3 is 11.9 Å². The van der Waals surface area contributed by atoms with Crippen LogP contribution >= 0.6 is 0 Å². The first-order valence-corrected chi connectivity index (χ1v) is 21.7. The number of nitrogens with two attached hydrogens (primary N) is 1. The quantitative estimate of drug-likeness (QED) is 0.253. The summed E-state index contributed by atoms with van der Waals surface area (Å²) in [7, 11) is 0. The van der Waals surface area contributed by atoms with Crippen LogP contribution in [0.2, 0.25) is 0 Å². The molecule has 3 N–H and O–H groups in total. The van der Waals surface area contributed by atoms with Gasteiger partial charge in [-0.15, -0.1) is 0 Å². The summed E-state index contributed by atoms with van der Waals surface area (Å²) in [6.07, 6.45) is 8.41. The molecule has 7 rings (SSSR count). The molecule has 0 unspecified atom stereocenters. The van der Waals surface area contributed by atoms with Crippen LogP contribution < -0.4 is 11.1 Å². The fourth-order valence-corrected chi connectivity index (χ4v) is 14.1. The van der Waals surface area contributed by atoms with Gasteiger partial charge in [0.1, 0.15) is 12.7 Å². The van der Waals surface area contributed by atoms with Gasteiger partial charge < -0.3 is 20.5 Å². The van der Waals surface area contributed by atoms with Crippen LogP contribution in [0.5, 0.6) is 0 Å². The zero-order valence-corrected chi connectivity index (χ0v) is 36.2. The van der Waals surface area contributed by atoms with Gasteiger partial charge in [-0.3, -0.25) is 19.2 Å². The summed E-state index contributed by atoms with van der Waals surface area (Å²) in [6, 6.07) is 9.70. The van der Waals surface area contributed by atoms with Gasteiger partial charge in [-0.2, -0.15) is 0 Å². The topological polar surface area (TPSA) is 125 Å². The molecule has 56 heavy (non-hydrogen) atoms. The second-order valence-electron chi connectivity index (χ2n) is 22.0. The van der Waals surface area contributed by atoms with E-state index in [9.17, 15) is 19.2 Å². The molecule has 0 aliphatic heterocycles. The van der Waals surface area contributed by atoms with E-state index in [2.05, 4.69) is 53.8 Å². The highest BCUT2D eigenvalue weighted by Gasteiger charge is 2.70. The summed E-state index contributed by atoms with van der Waals surface area (Å²) >= 11 is 0. The lowest BCUT2D eigenvalue weighted by Gasteiger charge is -2.72. The van der Waals surface area contributed by atoms with Crippen LogP contribution in [0, 0.1) is 62.6 Å². The van der Waals surface area contributed by atoms with Gasteiger partial charge in [-0.1, -0.05) is 92.6 Å². The number of rotatable bonds is 8. The zero-order chi connectivity index (χ0) is 41.0. The number of carbonyl (C=O) groups is 4. The first kappa shape index (κ1) is 41.2. The molecule has 0 bridgehead atoms. The molecule has 1 amide bonds. The second kappa shape index (κ2) is 13.5. The van der Waals surface area contributed by atoms with Gasteiger partial charge in [0.05, 0.1) is 22.9 Å². The van der Waals surface area contributed by atoms with Crippen LogP contribution in [-0.2, 0) is 35.3 Å². The van der Waals surface area contributed by atoms with E-state index in [4.69, 9.17) is 15.2 Å². The number of amides is 1. The fraction of sp³-hybridized carbons (Fsp3) is 0.750. The number of hydrogen-bond donors (Lipinski definition) is 2. The van der Waals surface area contributed by atoms with Crippen molar-refractivity contribution in [3.63, 3.8) is 0 Å². The molecule has 0 saturated heterocycles. The molecule has 6 aliphatic rings. The minimum Gasteiger partial charge on any atom is -0.462 e. The van der Waals surface area contributed by atoms with E-state index in [1.807, 2.05) is 44.2 Å². The standard InChI is InChI=1S/C48H70N2O6/c1-28(2)37-33(51)26-48(50-41(54)44(7,8)49)24-23-46(10)30(38(37)48)17-18-35-45(9)21-20-36(43(5,6)34(45)19-22-47(35,46)11)56-40(53)32-25-31(42(32,3)4)39(52)55-27-29-15-13-12-14-16-29/h12-16,28,30-32,34-36H,17-27,49H2,1-11H3,(H,50,54)/t30-,31+,32-,34+,35-,36+,45+,46-,47-,48-/m1/s1. The number of allylic oxidation sites excluding steroid dienone is 1. The van der Waals surface area contributed by atoms with Gasteiger partial charge in [0.25, 0.3) is 0 Å². The summed E-state index contributed by atoms with van der Waals surface area (Å²) < 4.78 is 12.2. The average molecular weight is 771 g/mol. The number of nitrogens with one attached hydrogen (secondary N) is 1. The van der Waals surface area contributed by atoms with Crippen LogP contribution in [0.1, 0.15) is 146 Å². The molecule has 10 atom stereocenters. The number of esters is 2. The van der Waals surface area contributed by atoms with Crippen molar-refractivity contribution in [2.24, 2.45) is 68.3 Å². The predicted molar refractivity (Wildman–Crippen MR) is 218 cm³/mol. The van der Waals surface area contributed by atoms with Crippen molar-refractivity contribution in [2.45, 2.75) is 164 Å². The lowest BCUT2D eigenvalue weighted by atomic mass is 9.33. The molecule has 308 valence electrons. The molecule has 1 aromatic carbocycles. The van der Waals surface area contributed by atoms with Crippen molar-refractivity contribution in [3.05, 3.63) is 47.0 Å². The number of hydrogen-bond acceptors (Lipinski definition) is 7. The van der Waals surface area contributed by atoms with E-state index in [0.717, 1.165) is 62.5 Å². The monoisotopic (exact) mass is 771 g/mol. The number of ketones is 1. The Kier molecular flexibility index (Phi) is 9.94. The first-order valence-electron chi connectivity index (χ1n) is 21.7. The zero-order valence-electron chi connectivity index (χ0n) is 36.2. The maximum atomic E-state index is 14.0. The smallest absolute Gasteiger partial charge is 0.309 e. The van der Waals surface area contributed by atoms with Crippen molar-refractivity contribution in [3.8, 4) is 0 Å². The number of fused-ring (bicyclic) bond motifs is 7. The molecule has 0 spiro atoms. The SMILES string of the molecule is CC(C)C1=C2[C@H]3CC[C@@H]4[C@@]5(C)CC[C@H](OC(=O)[C@H]6C[C@@H](C(=O)OCc7ccccc7)C6(C)C)C(C)(C)[C@@H]5CC[C@@]4(C)[C@]3(C)CC[C@@]2(NC(=O)C(C)(C)N)CC1=O. The number of Topliss-reactive ketones (excluding diaryl/α,β-unsaturated/α-hetero) is 1. The Morgan fingerprint density at radius 3 is 2.11 bits per heavy atom. The first-order chi connectivity index (χ1) is 25.9. The normalized spacial score (nSPS) is 39.7. The maximum absolute atomic E-state index is 14.0. The van der Waals surface area contributed by atoms with Crippen molar-refractivity contribution in [2.75, 3.05) is 0 Å². The summed E-state index contributed by atoms with van der Waals surface area (Å²) in [5.41, 5.74) is 7.11. The Bertz CT molecular complexity index is 1810. The third-order valence-corrected chi connectivity index (χ3v) is 17.6. The summed E-state index contributed by atoms with van der Waals surface area (Å²) in [5.74, 6) is 0.112. The lowest BCUT2D eigenvalue weighted by Crippen LogP contribution is -2.68. The Balaban J connectivity index is 1.08. The molecule has 1 aromatic rings. The van der Waals surface area contributed by atoms with E-state index < -0.39 is 16.5 Å².